The second kappa shape index (κ2) is 7.01. The zero-order valence-electron chi connectivity index (χ0n) is 13.7. The highest BCUT2D eigenvalue weighted by Gasteiger charge is 2.20. The summed E-state index contributed by atoms with van der Waals surface area (Å²) in [6.45, 7) is 1.86. The highest BCUT2D eigenvalue weighted by molar-refractivity contribution is 5.93. The number of benzene rings is 1. The number of pyridine rings is 1. The number of phenols is 1. The number of azo groups is 1. The van der Waals surface area contributed by atoms with Crippen LogP contribution in [0, 0.1) is 0 Å². The van der Waals surface area contributed by atoms with Gasteiger partial charge in [-0.2, -0.15) is 0 Å². The Labute approximate surface area is 147 Å². The number of ether oxygens (including phenoxy) is 1. The van der Waals surface area contributed by atoms with Crippen LogP contribution in [-0.4, -0.2) is 38.1 Å². The summed E-state index contributed by atoms with van der Waals surface area (Å²) in [5, 5.41) is 26.6. The maximum atomic E-state index is 12.1. The minimum atomic E-state index is -1.29. The molecule has 0 fully saturated rings. The van der Waals surface area contributed by atoms with Crippen LogP contribution in [0.1, 0.15) is 27.8 Å². The molecule has 3 rings (SSSR count). The Bertz CT molecular complexity index is 1030. The van der Waals surface area contributed by atoms with Gasteiger partial charge in [-0.1, -0.05) is 6.07 Å². The lowest BCUT2D eigenvalue weighted by molar-refractivity contribution is 0.0520. The standard InChI is InChI=1S/C17H14N4O5/c1-2-26-17(25)14-15(21-8-4-3-5-13(21)18-14)20-19-10-6-7-12(22)11(9-10)16(23)24/h3-9,22H,2H2,1H3,(H,23,24). The zero-order valence-corrected chi connectivity index (χ0v) is 13.7. The fraction of sp³-hybridized carbons (Fsp3) is 0.118. The van der Waals surface area contributed by atoms with Crippen molar-refractivity contribution in [1.29, 1.82) is 0 Å². The Kier molecular flexibility index (Phi) is 4.61. The Hall–Kier alpha value is -3.75. The highest BCUT2D eigenvalue weighted by atomic mass is 16.5. The molecular weight excluding hydrogens is 340 g/mol. The molecule has 9 nitrogen and oxygen atoms in total. The van der Waals surface area contributed by atoms with E-state index in [-0.39, 0.29) is 35.1 Å². The Morgan fingerprint density at radius 2 is 2.04 bits per heavy atom. The number of nitrogens with zero attached hydrogens (tertiary/aromatic N) is 4. The van der Waals surface area contributed by atoms with Crippen LogP contribution in [0.25, 0.3) is 5.65 Å². The molecule has 2 aromatic heterocycles. The van der Waals surface area contributed by atoms with Gasteiger partial charge < -0.3 is 14.9 Å². The lowest BCUT2D eigenvalue weighted by Gasteiger charge is -2.01. The van der Waals surface area contributed by atoms with E-state index in [0.29, 0.717) is 5.65 Å². The van der Waals surface area contributed by atoms with Gasteiger partial charge in [-0.05, 0) is 37.3 Å². The molecule has 2 heterocycles. The third-order valence-electron chi connectivity index (χ3n) is 3.44. The van der Waals surface area contributed by atoms with E-state index in [2.05, 4.69) is 15.2 Å². The summed E-state index contributed by atoms with van der Waals surface area (Å²) in [6, 6.07) is 8.99. The quantitative estimate of drug-likeness (QED) is 0.534. The smallest absolute Gasteiger partial charge is 0.360 e. The van der Waals surface area contributed by atoms with Crippen molar-refractivity contribution in [2.75, 3.05) is 6.61 Å². The maximum Gasteiger partial charge on any atom is 0.360 e. The van der Waals surface area contributed by atoms with Gasteiger partial charge in [0.1, 0.15) is 17.0 Å². The van der Waals surface area contributed by atoms with E-state index in [1.807, 2.05) is 0 Å². The summed E-state index contributed by atoms with van der Waals surface area (Å²) < 4.78 is 6.55. The summed E-state index contributed by atoms with van der Waals surface area (Å²) in [7, 11) is 0. The van der Waals surface area contributed by atoms with Gasteiger partial charge in [-0.25, -0.2) is 14.6 Å². The van der Waals surface area contributed by atoms with E-state index < -0.39 is 11.9 Å². The van der Waals surface area contributed by atoms with E-state index in [9.17, 15) is 14.7 Å². The molecule has 132 valence electrons. The number of hydrogen-bond donors (Lipinski definition) is 2. The van der Waals surface area contributed by atoms with Crippen molar-refractivity contribution >= 4 is 29.1 Å². The molecule has 0 aliphatic carbocycles. The van der Waals surface area contributed by atoms with E-state index in [1.165, 1.54) is 18.2 Å². The molecule has 0 bridgehead atoms. The van der Waals surface area contributed by atoms with Gasteiger partial charge in [0.25, 0.3) is 0 Å². The number of hydrogen-bond acceptors (Lipinski definition) is 7. The first-order valence-corrected chi connectivity index (χ1v) is 7.63. The predicted molar refractivity (Wildman–Crippen MR) is 90.4 cm³/mol. The zero-order chi connectivity index (χ0) is 18.7. The Balaban J connectivity index is 2.06. The number of esters is 1. The molecular formula is C17H14N4O5. The lowest BCUT2D eigenvalue weighted by atomic mass is 10.2. The van der Waals surface area contributed by atoms with Crippen LogP contribution in [0.2, 0.25) is 0 Å². The maximum absolute atomic E-state index is 12.1. The molecule has 0 amide bonds. The molecule has 0 saturated carbocycles. The molecule has 0 radical (unpaired) electrons. The SMILES string of the molecule is CCOC(=O)c1nc2ccccn2c1N=Nc1ccc(O)c(C(=O)O)c1. The summed E-state index contributed by atoms with van der Waals surface area (Å²) in [6.07, 6.45) is 1.67. The Morgan fingerprint density at radius 3 is 2.77 bits per heavy atom. The van der Waals surface area contributed by atoms with Gasteiger partial charge >= 0.3 is 11.9 Å². The third-order valence-corrected chi connectivity index (χ3v) is 3.44. The van der Waals surface area contributed by atoms with Crippen LogP contribution < -0.4 is 0 Å². The van der Waals surface area contributed by atoms with E-state index in [0.717, 1.165) is 0 Å². The fourth-order valence-corrected chi connectivity index (χ4v) is 2.28. The molecule has 3 aromatic rings. The summed E-state index contributed by atoms with van der Waals surface area (Å²) in [5.74, 6) is -2.15. The number of rotatable bonds is 5. The van der Waals surface area contributed by atoms with Crippen LogP contribution in [0.3, 0.4) is 0 Å². The highest BCUT2D eigenvalue weighted by Crippen LogP contribution is 2.27. The number of aromatic carboxylic acids is 1. The van der Waals surface area contributed by atoms with Crippen LogP contribution in [-0.2, 0) is 4.74 Å². The first kappa shape index (κ1) is 17.1. The van der Waals surface area contributed by atoms with Gasteiger partial charge in [0.2, 0.25) is 0 Å². The van der Waals surface area contributed by atoms with Crippen molar-refractivity contribution in [1.82, 2.24) is 9.38 Å². The first-order chi connectivity index (χ1) is 12.5. The predicted octanol–water partition coefficient (Wildman–Crippen LogP) is 3.33. The van der Waals surface area contributed by atoms with Crippen LogP contribution >= 0.6 is 0 Å². The van der Waals surface area contributed by atoms with Gasteiger partial charge in [0, 0.05) is 6.20 Å². The number of aromatic nitrogens is 2. The van der Waals surface area contributed by atoms with Crippen molar-refractivity contribution in [3.8, 4) is 5.75 Å². The van der Waals surface area contributed by atoms with Crippen molar-refractivity contribution in [3.63, 3.8) is 0 Å². The third kappa shape index (κ3) is 3.22. The monoisotopic (exact) mass is 354 g/mol. The number of carbonyl (C=O) groups is 2. The number of carbonyl (C=O) groups excluding carboxylic acids is 1. The Morgan fingerprint density at radius 1 is 1.23 bits per heavy atom. The second-order valence-corrected chi connectivity index (χ2v) is 5.14. The number of carboxylic acids is 1. The van der Waals surface area contributed by atoms with E-state index in [1.54, 1.807) is 35.7 Å². The van der Waals surface area contributed by atoms with Gasteiger partial charge in [-0.15, -0.1) is 10.2 Å². The molecule has 0 atom stereocenters. The summed E-state index contributed by atoms with van der Waals surface area (Å²) in [4.78, 5) is 27.4. The van der Waals surface area contributed by atoms with Crippen molar-refractivity contribution in [3.05, 3.63) is 53.9 Å². The van der Waals surface area contributed by atoms with Crippen molar-refractivity contribution in [2.24, 2.45) is 10.2 Å². The summed E-state index contributed by atoms with van der Waals surface area (Å²) in [5.41, 5.74) is 0.381. The average Bonchev–Trinajstić information content (AvgIpc) is 3.00. The number of carboxylic acid groups (broad SMARTS) is 1. The number of fused-ring (bicyclic) bond motifs is 1. The van der Waals surface area contributed by atoms with Crippen molar-refractivity contribution < 1.29 is 24.5 Å². The molecule has 0 aliphatic rings. The second-order valence-electron chi connectivity index (χ2n) is 5.14. The molecule has 1 aromatic carbocycles. The molecule has 26 heavy (non-hydrogen) atoms. The lowest BCUT2D eigenvalue weighted by Crippen LogP contribution is -2.05. The normalized spacial score (nSPS) is 11.1. The minimum Gasteiger partial charge on any atom is -0.507 e. The van der Waals surface area contributed by atoms with Gasteiger partial charge in [0.05, 0.1) is 12.3 Å². The van der Waals surface area contributed by atoms with Crippen LogP contribution in [0.5, 0.6) is 5.75 Å². The first-order valence-electron chi connectivity index (χ1n) is 7.63. The summed E-state index contributed by atoms with van der Waals surface area (Å²) >= 11 is 0. The van der Waals surface area contributed by atoms with Crippen LogP contribution in [0.15, 0.2) is 52.8 Å². The van der Waals surface area contributed by atoms with Gasteiger partial charge in [-0.3, -0.25) is 4.40 Å². The minimum absolute atomic E-state index is 0.000892. The molecule has 0 saturated heterocycles. The molecule has 9 heteroatoms. The number of aromatic hydroxyl groups is 1. The molecule has 0 spiro atoms. The molecule has 2 N–H and O–H groups in total. The van der Waals surface area contributed by atoms with E-state index in [4.69, 9.17) is 9.84 Å². The van der Waals surface area contributed by atoms with Gasteiger partial charge in [0.15, 0.2) is 11.5 Å². The largest absolute Gasteiger partial charge is 0.507 e. The fourth-order valence-electron chi connectivity index (χ4n) is 2.28. The van der Waals surface area contributed by atoms with E-state index >= 15 is 0 Å². The molecule has 0 unspecified atom stereocenters. The van der Waals surface area contributed by atoms with Crippen LogP contribution in [0.4, 0.5) is 11.5 Å². The average molecular weight is 354 g/mol. The number of imidazole rings is 1. The topological polar surface area (TPSA) is 126 Å². The molecule has 0 aliphatic heterocycles. The van der Waals surface area contributed by atoms with Crippen molar-refractivity contribution in [2.45, 2.75) is 6.92 Å².